The van der Waals surface area contributed by atoms with Crippen LogP contribution in [0.25, 0.3) is 0 Å². The summed E-state index contributed by atoms with van der Waals surface area (Å²) in [6, 6.07) is 3.52. The second kappa shape index (κ2) is 5.37. The van der Waals surface area contributed by atoms with E-state index in [0.717, 1.165) is 4.47 Å². The largest absolute Gasteiger partial charge is 0.495 e. The molecule has 1 aliphatic rings. The van der Waals surface area contributed by atoms with Gasteiger partial charge in [0.25, 0.3) is 5.91 Å². The fourth-order valence-electron chi connectivity index (χ4n) is 2.07. The number of piperazine rings is 1. The topological polar surface area (TPSA) is 58.6 Å². The average Bonchev–Trinajstić information content (AvgIpc) is 2.34. The Morgan fingerprint density at radius 3 is 2.50 bits per heavy atom. The molecule has 0 saturated carbocycles. The van der Waals surface area contributed by atoms with E-state index in [9.17, 15) is 9.59 Å². The van der Waals surface area contributed by atoms with Gasteiger partial charge in [0.1, 0.15) is 17.8 Å². The Balaban J connectivity index is 2.50. The van der Waals surface area contributed by atoms with Crippen molar-refractivity contribution in [2.45, 2.75) is 19.4 Å². The van der Waals surface area contributed by atoms with Gasteiger partial charge in [0.2, 0.25) is 5.91 Å². The summed E-state index contributed by atoms with van der Waals surface area (Å²) in [7, 11) is 1.55. The molecule has 0 bridgehead atoms. The van der Waals surface area contributed by atoms with Crippen molar-refractivity contribution in [1.29, 1.82) is 0 Å². The van der Waals surface area contributed by atoms with Gasteiger partial charge in [0.15, 0.2) is 0 Å². The van der Waals surface area contributed by atoms with Crippen molar-refractivity contribution >= 4 is 49.4 Å². The number of ether oxygens (including phenoxy) is 1. The van der Waals surface area contributed by atoms with E-state index < -0.39 is 5.54 Å². The minimum Gasteiger partial charge on any atom is -0.495 e. The number of nitrogens with zero attached hydrogens (tertiary/aromatic N) is 1. The zero-order chi connectivity index (χ0) is 15.1. The molecular weight excluding hydrogens is 392 g/mol. The highest BCUT2D eigenvalue weighted by atomic mass is 79.9. The van der Waals surface area contributed by atoms with Gasteiger partial charge in [-0.15, -0.1) is 0 Å². The Labute approximate surface area is 133 Å². The fraction of sp³-hybridized carbons (Fsp3) is 0.385. The molecule has 1 fully saturated rings. The van der Waals surface area contributed by atoms with Crippen molar-refractivity contribution in [1.82, 2.24) is 5.32 Å². The number of rotatable bonds is 2. The van der Waals surface area contributed by atoms with Gasteiger partial charge in [0.05, 0.1) is 17.3 Å². The maximum absolute atomic E-state index is 12.5. The maximum Gasteiger partial charge on any atom is 0.252 e. The standard InChI is InChI=1S/C13H14Br2N2O3/c1-13(2)12(19)17(6-11(18)16-13)9-5-10(20-3)8(15)4-7(9)14/h4-5H,6H2,1-3H3,(H,16,18). The number of carbonyl (C=O) groups excluding carboxylic acids is 2. The highest BCUT2D eigenvalue weighted by molar-refractivity contribution is 9.11. The summed E-state index contributed by atoms with van der Waals surface area (Å²) < 4.78 is 6.72. The molecule has 1 aliphatic heterocycles. The SMILES string of the molecule is COc1cc(N2CC(=O)NC(C)(C)C2=O)c(Br)cc1Br. The van der Waals surface area contributed by atoms with Gasteiger partial charge in [-0.3, -0.25) is 14.5 Å². The summed E-state index contributed by atoms with van der Waals surface area (Å²) in [5, 5.41) is 2.68. The summed E-state index contributed by atoms with van der Waals surface area (Å²) in [5.41, 5.74) is -0.312. The van der Waals surface area contributed by atoms with Crippen LogP contribution >= 0.6 is 31.9 Å². The van der Waals surface area contributed by atoms with E-state index in [1.807, 2.05) is 0 Å². The van der Waals surface area contributed by atoms with E-state index in [0.29, 0.717) is 15.9 Å². The zero-order valence-corrected chi connectivity index (χ0v) is 14.5. The fourth-order valence-corrected chi connectivity index (χ4v) is 3.44. The average molecular weight is 406 g/mol. The first-order chi connectivity index (χ1) is 9.26. The zero-order valence-electron chi connectivity index (χ0n) is 11.3. The molecule has 0 aromatic heterocycles. The van der Waals surface area contributed by atoms with Crippen molar-refractivity contribution < 1.29 is 14.3 Å². The maximum atomic E-state index is 12.5. The molecule has 0 atom stereocenters. The van der Waals surface area contributed by atoms with Crippen molar-refractivity contribution in [3.63, 3.8) is 0 Å². The number of carbonyl (C=O) groups is 2. The Morgan fingerprint density at radius 2 is 1.90 bits per heavy atom. The van der Waals surface area contributed by atoms with Crippen LogP contribution in [0, 0.1) is 0 Å². The predicted octanol–water partition coefficient (Wildman–Crippen LogP) is 2.46. The van der Waals surface area contributed by atoms with Gasteiger partial charge in [0, 0.05) is 10.5 Å². The van der Waals surface area contributed by atoms with Crippen molar-refractivity contribution in [3.05, 3.63) is 21.1 Å². The van der Waals surface area contributed by atoms with Crippen molar-refractivity contribution in [3.8, 4) is 5.75 Å². The van der Waals surface area contributed by atoms with E-state index in [1.165, 1.54) is 4.90 Å². The lowest BCUT2D eigenvalue weighted by molar-refractivity contribution is -0.134. The van der Waals surface area contributed by atoms with Gasteiger partial charge in [-0.05, 0) is 51.8 Å². The van der Waals surface area contributed by atoms with E-state index in [-0.39, 0.29) is 18.4 Å². The minimum absolute atomic E-state index is 0.00828. The van der Waals surface area contributed by atoms with E-state index in [4.69, 9.17) is 4.74 Å². The van der Waals surface area contributed by atoms with Gasteiger partial charge >= 0.3 is 0 Å². The third kappa shape index (κ3) is 2.69. The smallest absolute Gasteiger partial charge is 0.252 e. The van der Waals surface area contributed by atoms with Gasteiger partial charge in [-0.25, -0.2) is 0 Å². The second-order valence-electron chi connectivity index (χ2n) is 5.00. The molecule has 7 heteroatoms. The summed E-state index contributed by atoms with van der Waals surface area (Å²) in [5.74, 6) is 0.241. The molecule has 108 valence electrons. The number of nitrogens with one attached hydrogen (secondary N) is 1. The van der Waals surface area contributed by atoms with Crippen LogP contribution in [0.3, 0.4) is 0 Å². The third-order valence-electron chi connectivity index (χ3n) is 3.05. The molecule has 20 heavy (non-hydrogen) atoms. The van der Waals surface area contributed by atoms with Crippen molar-refractivity contribution in [2.75, 3.05) is 18.6 Å². The molecule has 0 radical (unpaired) electrons. The first-order valence-electron chi connectivity index (χ1n) is 5.92. The summed E-state index contributed by atoms with van der Waals surface area (Å²) >= 11 is 6.80. The number of halogens is 2. The Bertz CT molecular complexity index is 587. The van der Waals surface area contributed by atoms with Gasteiger partial charge in [-0.1, -0.05) is 0 Å². The molecule has 2 rings (SSSR count). The molecule has 1 aromatic rings. The van der Waals surface area contributed by atoms with Crippen molar-refractivity contribution in [2.24, 2.45) is 0 Å². The summed E-state index contributed by atoms with van der Waals surface area (Å²) in [6.45, 7) is 3.36. The van der Waals surface area contributed by atoms with Crippen LogP contribution < -0.4 is 15.0 Å². The molecule has 1 heterocycles. The second-order valence-corrected chi connectivity index (χ2v) is 6.71. The normalized spacial score (nSPS) is 17.9. The molecule has 0 unspecified atom stereocenters. The molecule has 1 saturated heterocycles. The Hall–Kier alpha value is -1.08. The van der Waals surface area contributed by atoms with Crippen LogP contribution in [0.4, 0.5) is 5.69 Å². The predicted molar refractivity (Wildman–Crippen MR) is 83.0 cm³/mol. The quantitative estimate of drug-likeness (QED) is 0.822. The number of hydrogen-bond donors (Lipinski definition) is 1. The number of benzene rings is 1. The monoisotopic (exact) mass is 404 g/mol. The highest BCUT2D eigenvalue weighted by Gasteiger charge is 2.40. The van der Waals surface area contributed by atoms with Crippen LogP contribution in [-0.2, 0) is 9.59 Å². The number of anilines is 1. The summed E-state index contributed by atoms with van der Waals surface area (Å²) in [4.78, 5) is 25.7. The van der Waals surface area contributed by atoms with E-state index >= 15 is 0 Å². The third-order valence-corrected chi connectivity index (χ3v) is 4.30. The first kappa shape index (κ1) is 15.3. The molecule has 2 amide bonds. The Kier molecular flexibility index (Phi) is 4.11. The molecule has 0 aliphatic carbocycles. The minimum atomic E-state index is -0.922. The molecule has 1 aromatic carbocycles. The van der Waals surface area contributed by atoms with Crippen LogP contribution in [0.15, 0.2) is 21.1 Å². The summed E-state index contributed by atoms with van der Waals surface area (Å²) in [6.07, 6.45) is 0. The number of methoxy groups -OCH3 is 1. The lowest BCUT2D eigenvalue weighted by Crippen LogP contribution is -2.64. The van der Waals surface area contributed by atoms with Crippen LogP contribution in [-0.4, -0.2) is 31.0 Å². The number of amides is 2. The molecule has 1 N–H and O–H groups in total. The Morgan fingerprint density at radius 1 is 1.25 bits per heavy atom. The van der Waals surface area contributed by atoms with Gasteiger partial charge < -0.3 is 10.1 Å². The number of hydrogen-bond acceptors (Lipinski definition) is 3. The molecular formula is C13H14Br2N2O3. The lowest BCUT2D eigenvalue weighted by Gasteiger charge is -2.37. The van der Waals surface area contributed by atoms with Gasteiger partial charge in [-0.2, -0.15) is 0 Å². The lowest BCUT2D eigenvalue weighted by atomic mass is 10.00. The van der Waals surface area contributed by atoms with Crippen LogP contribution in [0.2, 0.25) is 0 Å². The highest BCUT2D eigenvalue weighted by Crippen LogP contribution is 2.37. The van der Waals surface area contributed by atoms with E-state index in [1.54, 1.807) is 33.1 Å². The van der Waals surface area contributed by atoms with Crippen LogP contribution in [0.5, 0.6) is 5.75 Å². The van der Waals surface area contributed by atoms with Crippen LogP contribution in [0.1, 0.15) is 13.8 Å². The first-order valence-corrected chi connectivity index (χ1v) is 7.51. The molecule has 0 spiro atoms. The molecule has 5 nitrogen and oxygen atoms in total. The van der Waals surface area contributed by atoms with E-state index in [2.05, 4.69) is 37.2 Å².